The van der Waals surface area contributed by atoms with Gasteiger partial charge in [-0.05, 0) is 43.3 Å². The van der Waals surface area contributed by atoms with Gasteiger partial charge in [0, 0.05) is 11.8 Å². The predicted octanol–water partition coefficient (Wildman–Crippen LogP) is 3.72. The number of hydrogen-bond donors (Lipinski definition) is 1. The highest BCUT2D eigenvalue weighted by molar-refractivity contribution is 7.16. The highest BCUT2D eigenvalue weighted by atomic mass is 35.5. The molecule has 0 aliphatic rings. The minimum atomic E-state index is -0.577. The average Bonchev–Trinajstić information content (AvgIpc) is 3.13. The number of nitrogens with one attached hydrogen (secondary N) is 1. The summed E-state index contributed by atoms with van der Waals surface area (Å²) in [5, 5.41) is 7.84. The highest BCUT2D eigenvalue weighted by Gasteiger charge is 2.13. The molecule has 2 heterocycles. The Morgan fingerprint density at radius 1 is 1.16 bits per heavy atom. The lowest BCUT2D eigenvalue weighted by Gasteiger charge is -2.08. The molecule has 31 heavy (non-hydrogen) atoms. The van der Waals surface area contributed by atoms with Gasteiger partial charge in [0.15, 0.2) is 0 Å². The zero-order valence-corrected chi connectivity index (χ0v) is 17.7. The quantitative estimate of drug-likeness (QED) is 0.461. The van der Waals surface area contributed by atoms with Gasteiger partial charge in [0.2, 0.25) is 4.96 Å². The van der Waals surface area contributed by atoms with Crippen LogP contribution >= 0.6 is 22.9 Å². The molecule has 0 bridgehead atoms. The van der Waals surface area contributed by atoms with Crippen LogP contribution in [0.5, 0.6) is 0 Å². The smallest absolute Gasteiger partial charge is 0.338 e. The molecule has 4 rings (SSSR count). The third kappa shape index (κ3) is 4.62. The number of amides is 1. The molecule has 0 spiro atoms. The summed E-state index contributed by atoms with van der Waals surface area (Å²) in [4.78, 5) is 41.4. The van der Waals surface area contributed by atoms with E-state index < -0.39 is 5.97 Å². The largest absolute Gasteiger partial charge is 0.456 e. The summed E-state index contributed by atoms with van der Waals surface area (Å²) in [6.45, 7) is 1.63. The SMILES string of the molecule is Cc1nn2c(=O)cc(COC(=O)c3ccc(NC(=O)c4ccccc4Cl)cc3)nc2s1. The lowest BCUT2D eigenvalue weighted by molar-refractivity contribution is 0.0467. The van der Waals surface area contributed by atoms with Crippen LogP contribution in [0.15, 0.2) is 59.4 Å². The summed E-state index contributed by atoms with van der Waals surface area (Å²) >= 11 is 7.30. The number of aromatic nitrogens is 3. The monoisotopic (exact) mass is 454 g/mol. The van der Waals surface area contributed by atoms with E-state index in [1.165, 1.54) is 34.1 Å². The Balaban J connectivity index is 1.40. The molecule has 4 aromatic rings. The van der Waals surface area contributed by atoms with E-state index in [9.17, 15) is 14.4 Å². The molecule has 0 saturated heterocycles. The molecule has 0 unspecified atom stereocenters. The second kappa shape index (κ2) is 8.66. The number of fused-ring (bicyclic) bond motifs is 1. The van der Waals surface area contributed by atoms with Crippen molar-refractivity contribution in [2.75, 3.05) is 5.32 Å². The third-order valence-corrected chi connectivity index (χ3v) is 5.40. The molecule has 1 amide bonds. The molecule has 8 nitrogen and oxygen atoms in total. The van der Waals surface area contributed by atoms with Crippen LogP contribution in [0.1, 0.15) is 31.4 Å². The Bertz CT molecular complexity index is 1350. The number of esters is 1. The number of aryl methyl sites for hydroxylation is 1. The normalized spacial score (nSPS) is 10.8. The van der Waals surface area contributed by atoms with Gasteiger partial charge in [-0.15, -0.1) is 0 Å². The van der Waals surface area contributed by atoms with Crippen LogP contribution in [-0.2, 0) is 11.3 Å². The molecular formula is C21H15ClN4O4S. The molecule has 0 aliphatic carbocycles. The summed E-state index contributed by atoms with van der Waals surface area (Å²) in [5.41, 5.74) is 1.15. The van der Waals surface area contributed by atoms with Crippen molar-refractivity contribution in [3.05, 3.63) is 91.8 Å². The summed E-state index contributed by atoms with van der Waals surface area (Å²) in [5.74, 6) is -0.932. The Morgan fingerprint density at radius 3 is 2.65 bits per heavy atom. The predicted molar refractivity (Wildman–Crippen MR) is 117 cm³/mol. The minimum absolute atomic E-state index is 0.146. The number of carbonyl (C=O) groups is 2. The maximum atomic E-state index is 12.3. The van der Waals surface area contributed by atoms with Gasteiger partial charge < -0.3 is 10.1 Å². The molecule has 1 N–H and O–H groups in total. The van der Waals surface area contributed by atoms with Crippen LogP contribution in [0.25, 0.3) is 4.96 Å². The van der Waals surface area contributed by atoms with Gasteiger partial charge in [0.25, 0.3) is 11.5 Å². The van der Waals surface area contributed by atoms with Crippen LogP contribution in [-0.4, -0.2) is 26.5 Å². The first kappa shape index (κ1) is 20.7. The summed E-state index contributed by atoms with van der Waals surface area (Å²) < 4.78 is 6.47. The van der Waals surface area contributed by atoms with Crippen LogP contribution in [0.2, 0.25) is 5.02 Å². The van der Waals surface area contributed by atoms with E-state index in [0.717, 1.165) is 0 Å². The summed E-state index contributed by atoms with van der Waals surface area (Å²) in [6, 6.07) is 14.2. The third-order valence-electron chi connectivity index (χ3n) is 4.25. The first-order valence-electron chi connectivity index (χ1n) is 9.10. The molecule has 156 valence electrons. The molecule has 0 aliphatic heterocycles. The second-order valence-electron chi connectivity index (χ2n) is 6.49. The highest BCUT2D eigenvalue weighted by Crippen LogP contribution is 2.18. The van der Waals surface area contributed by atoms with E-state index in [1.807, 2.05) is 0 Å². The van der Waals surface area contributed by atoms with Gasteiger partial charge in [0.05, 0.1) is 21.8 Å². The van der Waals surface area contributed by atoms with Gasteiger partial charge in [-0.25, -0.2) is 9.78 Å². The fourth-order valence-electron chi connectivity index (χ4n) is 2.78. The van der Waals surface area contributed by atoms with Crippen molar-refractivity contribution in [3.8, 4) is 0 Å². The molecule has 2 aromatic carbocycles. The average molecular weight is 455 g/mol. The van der Waals surface area contributed by atoms with Crippen molar-refractivity contribution in [1.29, 1.82) is 0 Å². The molecule has 2 aromatic heterocycles. The Kier molecular flexibility index (Phi) is 5.79. The summed E-state index contributed by atoms with van der Waals surface area (Å²) in [7, 11) is 0. The number of nitrogens with zero attached hydrogens (tertiary/aromatic N) is 3. The lowest BCUT2D eigenvalue weighted by Crippen LogP contribution is -2.16. The van der Waals surface area contributed by atoms with E-state index in [2.05, 4.69) is 15.4 Å². The number of anilines is 1. The van der Waals surface area contributed by atoms with Crippen LogP contribution in [0.3, 0.4) is 0 Å². The summed E-state index contributed by atoms with van der Waals surface area (Å²) in [6.07, 6.45) is 0. The number of carbonyl (C=O) groups excluding carboxylic acids is 2. The number of halogens is 1. The van der Waals surface area contributed by atoms with Crippen molar-refractivity contribution in [1.82, 2.24) is 14.6 Å². The lowest BCUT2D eigenvalue weighted by atomic mass is 10.2. The van der Waals surface area contributed by atoms with E-state index in [1.54, 1.807) is 43.3 Å². The van der Waals surface area contributed by atoms with Crippen molar-refractivity contribution >= 4 is 45.5 Å². The van der Waals surface area contributed by atoms with E-state index in [0.29, 0.717) is 37.5 Å². The van der Waals surface area contributed by atoms with Crippen LogP contribution in [0, 0.1) is 6.92 Å². The second-order valence-corrected chi connectivity index (χ2v) is 8.06. The first-order chi connectivity index (χ1) is 14.9. The molecular weight excluding hydrogens is 440 g/mol. The Morgan fingerprint density at radius 2 is 1.90 bits per heavy atom. The standard InChI is InChI=1S/C21H15ClN4O4S/c1-12-25-26-18(27)10-15(24-21(26)31-12)11-30-20(29)13-6-8-14(9-7-13)23-19(28)16-4-2-3-5-17(16)22/h2-10H,11H2,1H3,(H,23,28). The van der Waals surface area contributed by atoms with Gasteiger partial charge >= 0.3 is 5.97 Å². The van der Waals surface area contributed by atoms with E-state index in [4.69, 9.17) is 16.3 Å². The Labute approximate surface area is 185 Å². The maximum absolute atomic E-state index is 12.3. The fraction of sp³-hybridized carbons (Fsp3) is 0.0952. The van der Waals surface area contributed by atoms with Gasteiger partial charge in [0.1, 0.15) is 11.6 Å². The topological polar surface area (TPSA) is 103 Å². The minimum Gasteiger partial charge on any atom is -0.456 e. The van der Waals surface area contributed by atoms with Crippen LogP contribution in [0.4, 0.5) is 5.69 Å². The zero-order valence-electron chi connectivity index (χ0n) is 16.2. The van der Waals surface area contributed by atoms with Crippen molar-refractivity contribution in [2.24, 2.45) is 0 Å². The van der Waals surface area contributed by atoms with E-state index in [-0.39, 0.29) is 18.1 Å². The van der Waals surface area contributed by atoms with Gasteiger partial charge in [-0.1, -0.05) is 35.1 Å². The van der Waals surface area contributed by atoms with Crippen molar-refractivity contribution < 1.29 is 14.3 Å². The molecule has 0 fully saturated rings. The molecule has 0 atom stereocenters. The number of ether oxygens (including phenoxy) is 1. The van der Waals surface area contributed by atoms with Crippen molar-refractivity contribution in [2.45, 2.75) is 13.5 Å². The number of benzene rings is 2. The molecule has 0 radical (unpaired) electrons. The molecule has 0 saturated carbocycles. The number of hydrogen-bond acceptors (Lipinski definition) is 7. The number of rotatable bonds is 5. The van der Waals surface area contributed by atoms with E-state index >= 15 is 0 Å². The van der Waals surface area contributed by atoms with Crippen molar-refractivity contribution in [3.63, 3.8) is 0 Å². The van der Waals surface area contributed by atoms with Crippen LogP contribution < -0.4 is 10.9 Å². The van der Waals surface area contributed by atoms with Gasteiger partial charge in [-0.3, -0.25) is 9.59 Å². The fourth-order valence-corrected chi connectivity index (χ4v) is 3.77. The van der Waals surface area contributed by atoms with Gasteiger partial charge in [-0.2, -0.15) is 9.61 Å². The zero-order chi connectivity index (χ0) is 22.0. The first-order valence-corrected chi connectivity index (χ1v) is 10.3. The Hall–Kier alpha value is -3.56. The maximum Gasteiger partial charge on any atom is 0.338 e. The molecule has 10 heteroatoms.